The van der Waals surface area contributed by atoms with Crippen molar-refractivity contribution < 1.29 is 0 Å². The van der Waals surface area contributed by atoms with Crippen molar-refractivity contribution in [3.63, 3.8) is 0 Å². The van der Waals surface area contributed by atoms with Gasteiger partial charge < -0.3 is 0 Å². The minimum Gasteiger partial charge on any atom is -0.254 e. The van der Waals surface area contributed by atoms with Crippen LogP contribution in [-0.2, 0) is 0 Å². The summed E-state index contributed by atoms with van der Waals surface area (Å²) in [7, 11) is 1.74. The second-order valence-corrected chi connectivity index (χ2v) is 3.57. The molecule has 0 spiro atoms. The van der Waals surface area contributed by atoms with Crippen molar-refractivity contribution in [2.45, 2.75) is 32.0 Å². The zero-order valence-electron chi connectivity index (χ0n) is 8.29. The predicted molar refractivity (Wildman–Crippen MR) is 48.9 cm³/mol. The van der Waals surface area contributed by atoms with Crippen LogP contribution in [0, 0.1) is 22.7 Å². The smallest absolute Gasteiger partial charge is 0.199 e. The lowest BCUT2D eigenvalue weighted by Gasteiger charge is -2.31. The van der Waals surface area contributed by atoms with E-state index in [9.17, 15) is 0 Å². The molecule has 0 saturated heterocycles. The molecule has 2 unspecified atom stereocenters. The molecule has 1 aliphatic rings. The molecule has 1 rings (SSSR count). The van der Waals surface area contributed by atoms with Crippen LogP contribution in [0.2, 0.25) is 0 Å². The minimum atomic E-state index is -0.894. The van der Waals surface area contributed by atoms with Gasteiger partial charge in [0.2, 0.25) is 0 Å². The molecule has 0 fully saturated rings. The molecule has 0 aliphatic carbocycles. The summed E-state index contributed by atoms with van der Waals surface area (Å²) in [4.78, 5) is 5.89. The van der Waals surface area contributed by atoms with Gasteiger partial charge in [-0.15, -0.1) is 0 Å². The monoisotopic (exact) mass is 176 g/mol. The topological polar surface area (TPSA) is 63.2 Å². The Kier molecular flexibility index (Phi) is 1.90. The van der Waals surface area contributed by atoms with Crippen molar-refractivity contribution >= 4 is 5.71 Å². The maximum absolute atomic E-state index is 9.01. The van der Waals surface area contributed by atoms with Gasteiger partial charge in [-0.25, -0.2) is 4.90 Å². The van der Waals surface area contributed by atoms with E-state index in [0.29, 0.717) is 5.71 Å². The lowest BCUT2D eigenvalue weighted by atomic mass is 9.97. The summed E-state index contributed by atoms with van der Waals surface area (Å²) in [5.74, 6) is 0. The molecule has 1 heterocycles. The Bertz CT molecular complexity index is 346. The van der Waals surface area contributed by atoms with Crippen LogP contribution in [0.15, 0.2) is 4.99 Å². The van der Waals surface area contributed by atoms with Crippen LogP contribution < -0.4 is 0 Å². The molecule has 0 saturated carbocycles. The van der Waals surface area contributed by atoms with Crippen molar-refractivity contribution in [2.24, 2.45) is 4.99 Å². The van der Waals surface area contributed by atoms with Gasteiger partial charge in [-0.1, -0.05) is 0 Å². The van der Waals surface area contributed by atoms with E-state index in [1.165, 1.54) is 0 Å². The van der Waals surface area contributed by atoms with Crippen LogP contribution in [0.1, 0.15) is 20.8 Å². The van der Waals surface area contributed by atoms with Gasteiger partial charge >= 0.3 is 0 Å². The molecule has 0 bridgehead atoms. The first kappa shape index (κ1) is 9.70. The van der Waals surface area contributed by atoms with Gasteiger partial charge in [0.05, 0.1) is 6.07 Å². The third-order valence-corrected chi connectivity index (χ3v) is 2.84. The Morgan fingerprint density at radius 1 is 1.31 bits per heavy atom. The van der Waals surface area contributed by atoms with E-state index < -0.39 is 11.2 Å². The zero-order valence-corrected chi connectivity index (χ0v) is 8.29. The van der Waals surface area contributed by atoms with Crippen molar-refractivity contribution in [3.05, 3.63) is 0 Å². The molecular formula is C9H12N4. The first-order chi connectivity index (χ1) is 5.90. The summed E-state index contributed by atoms with van der Waals surface area (Å²) in [6.07, 6.45) is 0. The van der Waals surface area contributed by atoms with Crippen molar-refractivity contribution in [3.8, 4) is 12.1 Å². The number of aliphatic imine (C=N–C) groups is 1. The van der Waals surface area contributed by atoms with Crippen LogP contribution in [0.25, 0.3) is 0 Å². The van der Waals surface area contributed by atoms with Gasteiger partial charge in [-0.2, -0.15) is 10.5 Å². The quantitative estimate of drug-likeness (QED) is 0.551. The zero-order chi connectivity index (χ0) is 10.3. The number of nitrogens with zero attached hydrogens (tertiary/aromatic N) is 4. The molecule has 68 valence electrons. The Morgan fingerprint density at radius 2 is 1.85 bits per heavy atom. The summed E-state index contributed by atoms with van der Waals surface area (Å²) in [5, 5.41) is 17.9. The van der Waals surface area contributed by atoms with Gasteiger partial charge in [-0.3, -0.25) is 4.99 Å². The Labute approximate surface area is 78.1 Å². The average Bonchev–Trinajstić information content (AvgIpc) is 2.29. The SMILES string of the molecule is CC1=NC(C)(C#N)N(C)C1(C)C#N. The standard InChI is InChI=1S/C9H12N4/c1-7-8(2,5-10)13(4)9(3,6-11)12-7/h1-4H3. The van der Waals surface area contributed by atoms with Gasteiger partial charge in [0.25, 0.3) is 0 Å². The molecule has 0 amide bonds. The Balaban J connectivity index is 3.24. The minimum absolute atomic E-state index is 0.696. The van der Waals surface area contributed by atoms with E-state index in [0.717, 1.165) is 0 Å². The second-order valence-electron chi connectivity index (χ2n) is 3.57. The largest absolute Gasteiger partial charge is 0.254 e. The van der Waals surface area contributed by atoms with Crippen LogP contribution >= 0.6 is 0 Å². The molecule has 4 nitrogen and oxygen atoms in total. The van der Waals surface area contributed by atoms with E-state index in [4.69, 9.17) is 10.5 Å². The molecule has 1 aliphatic heterocycles. The lowest BCUT2D eigenvalue weighted by Crippen LogP contribution is -2.50. The highest BCUT2D eigenvalue weighted by Gasteiger charge is 2.49. The maximum atomic E-state index is 9.01. The lowest BCUT2D eigenvalue weighted by molar-refractivity contribution is 0.171. The Morgan fingerprint density at radius 3 is 2.08 bits per heavy atom. The van der Waals surface area contributed by atoms with Crippen LogP contribution in [0.5, 0.6) is 0 Å². The summed E-state index contributed by atoms with van der Waals surface area (Å²) >= 11 is 0. The van der Waals surface area contributed by atoms with Gasteiger partial charge in [0, 0.05) is 5.71 Å². The fourth-order valence-electron chi connectivity index (χ4n) is 1.44. The fourth-order valence-corrected chi connectivity index (χ4v) is 1.44. The first-order valence-corrected chi connectivity index (χ1v) is 4.04. The highest BCUT2D eigenvalue weighted by atomic mass is 15.4. The Hall–Kier alpha value is -1.39. The van der Waals surface area contributed by atoms with E-state index in [1.54, 1.807) is 32.7 Å². The fraction of sp³-hybridized carbons (Fsp3) is 0.667. The second kappa shape index (κ2) is 2.55. The van der Waals surface area contributed by atoms with E-state index in [1.807, 2.05) is 0 Å². The molecule has 0 aromatic heterocycles. The summed E-state index contributed by atoms with van der Waals surface area (Å²) in [6, 6.07) is 4.27. The average molecular weight is 176 g/mol. The molecule has 4 heteroatoms. The van der Waals surface area contributed by atoms with Crippen LogP contribution in [0.3, 0.4) is 0 Å². The van der Waals surface area contributed by atoms with Crippen molar-refractivity contribution in [2.75, 3.05) is 7.05 Å². The number of nitriles is 2. The van der Waals surface area contributed by atoms with Crippen molar-refractivity contribution in [1.29, 1.82) is 10.5 Å². The van der Waals surface area contributed by atoms with E-state index in [2.05, 4.69) is 17.1 Å². The molecule has 0 aromatic rings. The summed E-state index contributed by atoms with van der Waals surface area (Å²) < 4.78 is 0. The van der Waals surface area contributed by atoms with Crippen LogP contribution in [0.4, 0.5) is 0 Å². The summed E-state index contributed by atoms with van der Waals surface area (Å²) in [6.45, 7) is 5.26. The molecule has 13 heavy (non-hydrogen) atoms. The van der Waals surface area contributed by atoms with Crippen molar-refractivity contribution in [1.82, 2.24) is 4.90 Å². The molecule has 0 N–H and O–H groups in total. The first-order valence-electron chi connectivity index (χ1n) is 4.04. The molecule has 2 atom stereocenters. The number of hydrogen-bond acceptors (Lipinski definition) is 4. The van der Waals surface area contributed by atoms with E-state index >= 15 is 0 Å². The van der Waals surface area contributed by atoms with E-state index in [-0.39, 0.29) is 0 Å². The van der Waals surface area contributed by atoms with Gasteiger partial charge in [-0.05, 0) is 27.8 Å². The van der Waals surface area contributed by atoms with Crippen LogP contribution in [-0.4, -0.2) is 28.9 Å². The molecular weight excluding hydrogens is 164 g/mol. The third kappa shape index (κ3) is 1.03. The predicted octanol–water partition coefficient (Wildman–Crippen LogP) is 0.915. The normalized spacial score (nSPS) is 39.4. The number of hydrogen-bond donors (Lipinski definition) is 0. The number of rotatable bonds is 0. The third-order valence-electron chi connectivity index (χ3n) is 2.84. The highest BCUT2D eigenvalue weighted by Crippen LogP contribution is 2.32. The maximum Gasteiger partial charge on any atom is 0.199 e. The van der Waals surface area contributed by atoms with Gasteiger partial charge in [0.1, 0.15) is 11.6 Å². The summed E-state index contributed by atoms with van der Waals surface area (Å²) in [5.41, 5.74) is -0.944. The van der Waals surface area contributed by atoms with Gasteiger partial charge in [0.15, 0.2) is 5.66 Å². The molecule has 0 aromatic carbocycles. The highest BCUT2D eigenvalue weighted by molar-refractivity contribution is 5.96. The molecule has 0 radical (unpaired) electrons.